The molecule has 10 heteroatoms. The van der Waals surface area contributed by atoms with E-state index in [1.165, 1.54) is 205 Å². The van der Waals surface area contributed by atoms with Gasteiger partial charge in [-0.05, 0) is 89.9 Å². The molecular formula is C74H134NO8P. The molecule has 0 spiro atoms. The zero-order valence-corrected chi connectivity index (χ0v) is 56.5. The highest BCUT2D eigenvalue weighted by molar-refractivity contribution is 7.45. The molecule has 0 aliphatic carbocycles. The summed E-state index contributed by atoms with van der Waals surface area (Å²) >= 11 is 0. The van der Waals surface area contributed by atoms with Crippen molar-refractivity contribution in [1.29, 1.82) is 0 Å². The van der Waals surface area contributed by atoms with Crippen LogP contribution in [0, 0.1) is 0 Å². The highest BCUT2D eigenvalue weighted by Crippen LogP contribution is 2.38. The molecule has 0 rings (SSSR count). The number of hydrogen-bond acceptors (Lipinski definition) is 8. The molecule has 9 nitrogen and oxygen atoms in total. The molecule has 0 fully saturated rings. The van der Waals surface area contributed by atoms with Gasteiger partial charge in [0.2, 0.25) is 0 Å². The molecule has 0 aliphatic heterocycles. The minimum absolute atomic E-state index is 0.0336. The summed E-state index contributed by atoms with van der Waals surface area (Å²) in [5.74, 6) is -0.829. The average molecular weight is 1200 g/mol. The molecule has 0 amide bonds. The Bertz CT molecular complexity index is 1690. The van der Waals surface area contributed by atoms with E-state index in [0.717, 1.165) is 83.5 Å². The molecule has 0 aromatic carbocycles. The number of phosphoric acid groups is 1. The van der Waals surface area contributed by atoms with Crippen molar-refractivity contribution in [1.82, 2.24) is 0 Å². The SMILES string of the molecule is CC/C=C\C/C=C\C/C=C\C/C=C\C/C=C\C/C=C\CCCCCCCCCCCCC(=O)OC(COC(=O)CCCCCCCCCCCCCCCCCCCCC/C=C\CCCCCCCCCC)COP(=O)([O-])OCC[N+](C)(C)C. The van der Waals surface area contributed by atoms with Crippen LogP contribution in [-0.4, -0.2) is 70.0 Å². The fourth-order valence-electron chi connectivity index (χ4n) is 10.0. The summed E-state index contributed by atoms with van der Waals surface area (Å²) in [4.78, 5) is 38.1. The number of rotatable bonds is 65. The van der Waals surface area contributed by atoms with E-state index >= 15 is 0 Å². The minimum atomic E-state index is -4.65. The summed E-state index contributed by atoms with van der Waals surface area (Å²) in [6.07, 6.45) is 88.1. The fourth-order valence-corrected chi connectivity index (χ4v) is 10.7. The third-order valence-corrected chi connectivity index (χ3v) is 16.4. The van der Waals surface area contributed by atoms with Gasteiger partial charge in [0.1, 0.15) is 19.8 Å². The number of unbranched alkanes of at least 4 members (excludes halogenated alkanes) is 37. The Morgan fingerprint density at radius 3 is 1.02 bits per heavy atom. The number of allylic oxidation sites excluding steroid dienone is 14. The Labute approximate surface area is 520 Å². The number of nitrogens with zero attached hydrogens (tertiary/aromatic N) is 1. The second kappa shape index (κ2) is 64.7. The van der Waals surface area contributed by atoms with Gasteiger partial charge in [-0.25, -0.2) is 0 Å². The molecule has 0 N–H and O–H groups in total. The quantitative estimate of drug-likeness (QED) is 0.0195. The number of carbonyl (C=O) groups excluding carboxylic acids is 2. The van der Waals surface area contributed by atoms with Gasteiger partial charge >= 0.3 is 11.9 Å². The summed E-state index contributed by atoms with van der Waals surface area (Å²) in [6.45, 7) is 4.16. The Morgan fingerprint density at radius 2 is 0.679 bits per heavy atom. The van der Waals surface area contributed by atoms with E-state index in [2.05, 4.69) is 98.9 Å². The van der Waals surface area contributed by atoms with Crippen molar-refractivity contribution in [2.24, 2.45) is 0 Å². The molecule has 0 saturated heterocycles. The molecule has 84 heavy (non-hydrogen) atoms. The first kappa shape index (κ1) is 81.2. The Balaban J connectivity index is 4.04. The Morgan fingerprint density at radius 1 is 0.381 bits per heavy atom. The number of esters is 2. The molecule has 2 unspecified atom stereocenters. The maximum absolute atomic E-state index is 12.9. The summed E-state index contributed by atoms with van der Waals surface area (Å²) < 4.78 is 34.3. The zero-order chi connectivity index (χ0) is 61.2. The molecule has 2 atom stereocenters. The van der Waals surface area contributed by atoms with E-state index < -0.39 is 26.5 Å². The lowest BCUT2D eigenvalue weighted by atomic mass is 10.0. The lowest BCUT2D eigenvalue weighted by Gasteiger charge is -2.28. The Hall–Kier alpha value is -2.81. The van der Waals surface area contributed by atoms with Gasteiger partial charge in [0, 0.05) is 12.8 Å². The maximum atomic E-state index is 12.9. The van der Waals surface area contributed by atoms with Crippen LogP contribution in [0.3, 0.4) is 0 Å². The third-order valence-electron chi connectivity index (χ3n) is 15.4. The average Bonchev–Trinajstić information content (AvgIpc) is 3.61. The molecule has 0 saturated carbocycles. The van der Waals surface area contributed by atoms with Crippen molar-refractivity contribution in [2.75, 3.05) is 47.5 Å². The minimum Gasteiger partial charge on any atom is -0.756 e. The van der Waals surface area contributed by atoms with Crippen LogP contribution in [0.5, 0.6) is 0 Å². The van der Waals surface area contributed by atoms with E-state index in [4.69, 9.17) is 18.5 Å². The van der Waals surface area contributed by atoms with Crippen molar-refractivity contribution < 1.29 is 42.1 Å². The molecule has 0 heterocycles. The van der Waals surface area contributed by atoms with Gasteiger partial charge in [-0.2, -0.15) is 0 Å². The lowest BCUT2D eigenvalue weighted by Crippen LogP contribution is -2.37. The van der Waals surface area contributed by atoms with Crippen LogP contribution in [0.4, 0.5) is 0 Å². The number of ether oxygens (including phenoxy) is 2. The van der Waals surface area contributed by atoms with Gasteiger partial charge in [-0.15, -0.1) is 0 Å². The number of hydrogen-bond donors (Lipinski definition) is 0. The number of likely N-dealkylation sites (N-methyl/N-ethyl adjacent to an activating group) is 1. The van der Waals surface area contributed by atoms with Crippen LogP contribution in [-0.2, 0) is 32.7 Å². The van der Waals surface area contributed by atoms with Crippen LogP contribution in [0.1, 0.15) is 322 Å². The van der Waals surface area contributed by atoms with Gasteiger partial charge in [-0.3, -0.25) is 14.2 Å². The highest BCUT2D eigenvalue weighted by atomic mass is 31.2. The van der Waals surface area contributed by atoms with E-state index in [0.29, 0.717) is 17.4 Å². The second-order valence-corrected chi connectivity index (χ2v) is 26.3. The van der Waals surface area contributed by atoms with Crippen LogP contribution in [0.2, 0.25) is 0 Å². The van der Waals surface area contributed by atoms with Crippen molar-refractivity contribution in [2.45, 2.75) is 328 Å². The van der Waals surface area contributed by atoms with Gasteiger partial charge in [-0.1, -0.05) is 304 Å². The van der Waals surface area contributed by atoms with E-state index in [1.54, 1.807) is 0 Å². The number of phosphoric ester groups is 1. The highest BCUT2D eigenvalue weighted by Gasteiger charge is 2.22. The van der Waals surface area contributed by atoms with Gasteiger partial charge in [0.25, 0.3) is 7.82 Å². The molecule has 0 aliphatic rings. The predicted octanol–water partition coefficient (Wildman–Crippen LogP) is 22.3. The Kier molecular flexibility index (Phi) is 62.5. The fraction of sp³-hybridized carbons (Fsp3) is 0.784. The van der Waals surface area contributed by atoms with E-state index in [-0.39, 0.29) is 32.0 Å². The summed E-state index contributed by atoms with van der Waals surface area (Å²) in [7, 11) is 1.17. The summed E-state index contributed by atoms with van der Waals surface area (Å²) in [5, 5.41) is 0. The lowest BCUT2D eigenvalue weighted by molar-refractivity contribution is -0.870. The molecule has 0 radical (unpaired) electrons. The topological polar surface area (TPSA) is 111 Å². The first-order valence-corrected chi connectivity index (χ1v) is 36.8. The molecule has 0 bridgehead atoms. The predicted molar refractivity (Wildman–Crippen MR) is 360 cm³/mol. The first-order valence-electron chi connectivity index (χ1n) is 35.3. The van der Waals surface area contributed by atoms with Crippen molar-refractivity contribution in [3.8, 4) is 0 Å². The van der Waals surface area contributed by atoms with Gasteiger partial charge in [0.15, 0.2) is 6.10 Å². The number of quaternary nitrogens is 1. The van der Waals surface area contributed by atoms with Crippen molar-refractivity contribution in [3.05, 3.63) is 85.1 Å². The van der Waals surface area contributed by atoms with Crippen LogP contribution < -0.4 is 4.89 Å². The third kappa shape index (κ3) is 68.3. The summed E-state index contributed by atoms with van der Waals surface area (Å²) in [6, 6.07) is 0. The van der Waals surface area contributed by atoms with Gasteiger partial charge < -0.3 is 27.9 Å². The number of carbonyl (C=O) groups is 2. The van der Waals surface area contributed by atoms with Crippen LogP contribution in [0.25, 0.3) is 0 Å². The second-order valence-electron chi connectivity index (χ2n) is 24.9. The van der Waals surface area contributed by atoms with Crippen molar-refractivity contribution in [3.63, 3.8) is 0 Å². The zero-order valence-electron chi connectivity index (χ0n) is 55.6. The monoisotopic (exact) mass is 1200 g/mol. The standard InChI is InChI=1S/C74H134NO8P/c1-6-8-10-12-14-16-18-20-22-24-26-28-30-32-34-36-37-39-40-42-44-46-48-50-52-54-56-58-60-62-64-66-73(76)80-70-72(71-82-84(78,79)81-69-68-75(3,4)5)83-74(77)67-65-63-61-59-57-55-53-51-49-47-45-43-41-38-35-33-31-29-27-25-23-21-19-17-15-13-11-9-7-2/h9,11,15,17,21,23-24,26-27,29,33,35,41,43,72H,6-8,10,12-14,16,18-20,22,25,28,30-32,34,36-40,42,44-71H2,1-5H3/b11-9-,17-15-,23-21-,26-24-,29-27-,35-33-,43-41-. The summed E-state index contributed by atoms with van der Waals surface area (Å²) in [5.41, 5.74) is 0. The normalized spacial score (nSPS) is 13.6. The maximum Gasteiger partial charge on any atom is 0.306 e. The molecule has 0 aromatic heterocycles. The molecule has 488 valence electrons. The largest absolute Gasteiger partial charge is 0.756 e. The molecule has 0 aromatic rings. The van der Waals surface area contributed by atoms with Crippen LogP contribution in [0.15, 0.2) is 85.1 Å². The molecular weight excluding hydrogens is 1060 g/mol. The van der Waals surface area contributed by atoms with E-state index in [9.17, 15) is 19.0 Å². The van der Waals surface area contributed by atoms with Gasteiger partial charge in [0.05, 0.1) is 27.7 Å². The smallest absolute Gasteiger partial charge is 0.306 e. The van der Waals surface area contributed by atoms with Crippen molar-refractivity contribution >= 4 is 19.8 Å². The first-order chi connectivity index (χ1) is 41.0. The van der Waals surface area contributed by atoms with E-state index in [1.807, 2.05) is 21.1 Å². The van der Waals surface area contributed by atoms with Crippen LogP contribution >= 0.6 is 7.82 Å².